The van der Waals surface area contributed by atoms with E-state index in [2.05, 4.69) is 48.5 Å². The molecule has 1 aromatic carbocycles. The van der Waals surface area contributed by atoms with Crippen molar-refractivity contribution >= 4 is 34.1 Å². The Hall–Kier alpha value is -2.49. The molecule has 2 aliphatic heterocycles. The van der Waals surface area contributed by atoms with Gasteiger partial charge in [-0.1, -0.05) is 6.07 Å². The van der Waals surface area contributed by atoms with Crippen LogP contribution in [0, 0.1) is 0 Å². The molecule has 0 atom stereocenters. The highest BCUT2D eigenvalue weighted by Gasteiger charge is 2.18. The summed E-state index contributed by atoms with van der Waals surface area (Å²) in [6.45, 7) is 6.52. The summed E-state index contributed by atoms with van der Waals surface area (Å²) in [6.07, 6.45) is 4.14. The summed E-state index contributed by atoms with van der Waals surface area (Å²) in [6, 6.07) is 6.40. The van der Waals surface area contributed by atoms with E-state index in [1.807, 2.05) is 0 Å². The third-order valence-electron chi connectivity index (χ3n) is 5.57. The number of morpholine rings is 1. The molecule has 3 N–H and O–H groups in total. The minimum atomic E-state index is 0.744. The highest BCUT2D eigenvalue weighted by molar-refractivity contribution is 7.80. The number of aromatic nitrogens is 4. The number of rotatable bonds is 4. The standard InChI is InChI=1S/C20H25N7OS/c29-20(27-5-1-2-6-27)24-17-12-21-25-18(17)19-22-15-4-3-14(11-16(15)23-19)13-26-7-9-28-10-8-26/h3-4,11-12H,1-2,5-10,13H2,(H,21,25)(H,22,23)(H,24,29). The van der Waals surface area contributed by atoms with E-state index in [4.69, 9.17) is 21.9 Å². The fourth-order valence-electron chi connectivity index (χ4n) is 3.97. The smallest absolute Gasteiger partial charge is 0.173 e. The lowest BCUT2D eigenvalue weighted by Crippen LogP contribution is -2.35. The van der Waals surface area contributed by atoms with Crippen molar-refractivity contribution in [3.63, 3.8) is 0 Å². The number of hydrogen-bond donors (Lipinski definition) is 3. The Morgan fingerprint density at radius 2 is 2.00 bits per heavy atom. The van der Waals surface area contributed by atoms with Crippen molar-refractivity contribution in [2.45, 2.75) is 19.4 Å². The molecule has 152 valence electrons. The number of hydrogen-bond acceptors (Lipinski definition) is 5. The third-order valence-corrected chi connectivity index (χ3v) is 5.93. The molecule has 4 heterocycles. The average Bonchev–Trinajstić information content (AvgIpc) is 3.48. The Kier molecular flexibility index (Phi) is 5.17. The van der Waals surface area contributed by atoms with E-state index in [1.54, 1.807) is 6.20 Å². The summed E-state index contributed by atoms with van der Waals surface area (Å²) in [5.74, 6) is 0.757. The fourth-order valence-corrected chi connectivity index (χ4v) is 4.26. The molecule has 5 rings (SSSR count). The molecule has 0 spiro atoms. The summed E-state index contributed by atoms with van der Waals surface area (Å²) >= 11 is 5.56. The van der Waals surface area contributed by atoms with Gasteiger partial charge in [0.05, 0.1) is 36.1 Å². The predicted molar refractivity (Wildman–Crippen MR) is 117 cm³/mol. The Bertz CT molecular complexity index is 1000. The number of aromatic amines is 2. The summed E-state index contributed by atoms with van der Waals surface area (Å²) in [5, 5.41) is 11.3. The number of benzene rings is 1. The average molecular weight is 412 g/mol. The van der Waals surface area contributed by atoms with Crippen molar-refractivity contribution in [1.29, 1.82) is 0 Å². The maximum Gasteiger partial charge on any atom is 0.173 e. The van der Waals surface area contributed by atoms with Gasteiger partial charge in [-0.2, -0.15) is 5.10 Å². The molecule has 0 amide bonds. The lowest BCUT2D eigenvalue weighted by molar-refractivity contribution is 0.0342. The van der Waals surface area contributed by atoms with E-state index in [1.165, 1.54) is 18.4 Å². The number of fused-ring (bicyclic) bond motifs is 1. The van der Waals surface area contributed by atoms with Gasteiger partial charge in [-0.05, 0) is 42.8 Å². The predicted octanol–water partition coefficient (Wildman–Crippen LogP) is 2.58. The summed E-state index contributed by atoms with van der Waals surface area (Å²) in [4.78, 5) is 12.8. The molecule has 2 aromatic heterocycles. The number of likely N-dealkylation sites (tertiary alicyclic amines) is 1. The van der Waals surface area contributed by atoms with Crippen LogP contribution < -0.4 is 5.32 Å². The number of nitrogens with one attached hydrogen (secondary N) is 3. The van der Waals surface area contributed by atoms with Crippen molar-refractivity contribution in [2.24, 2.45) is 0 Å². The van der Waals surface area contributed by atoms with E-state index in [-0.39, 0.29) is 0 Å². The van der Waals surface area contributed by atoms with Crippen molar-refractivity contribution in [2.75, 3.05) is 44.7 Å². The first-order valence-electron chi connectivity index (χ1n) is 10.1. The van der Waals surface area contributed by atoms with E-state index in [9.17, 15) is 0 Å². The van der Waals surface area contributed by atoms with Gasteiger partial charge in [-0.3, -0.25) is 10.00 Å². The zero-order valence-electron chi connectivity index (χ0n) is 16.3. The van der Waals surface area contributed by atoms with Crippen LogP contribution in [0.25, 0.3) is 22.6 Å². The van der Waals surface area contributed by atoms with Crippen molar-refractivity contribution in [1.82, 2.24) is 30.0 Å². The topological polar surface area (TPSA) is 85.1 Å². The number of imidazole rings is 1. The van der Waals surface area contributed by atoms with Gasteiger partial charge >= 0.3 is 0 Å². The highest BCUT2D eigenvalue weighted by atomic mass is 32.1. The van der Waals surface area contributed by atoms with Crippen molar-refractivity contribution in [3.05, 3.63) is 30.0 Å². The molecular weight excluding hydrogens is 386 g/mol. The summed E-state index contributed by atoms with van der Waals surface area (Å²) in [7, 11) is 0. The lowest BCUT2D eigenvalue weighted by Gasteiger charge is -2.26. The van der Waals surface area contributed by atoms with Crippen LogP contribution in [-0.4, -0.2) is 74.5 Å². The second kappa shape index (κ2) is 8.10. The van der Waals surface area contributed by atoms with Crippen LogP contribution in [0.3, 0.4) is 0 Å². The maximum absolute atomic E-state index is 5.56. The van der Waals surface area contributed by atoms with Crippen LogP contribution in [0.15, 0.2) is 24.4 Å². The van der Waals surface area contributed by atoms with Gasteiger partial charge in [0.2, 0.25) is 0 Å². The molecule has 0 unspecified atom stereocenters. The minimum Gasteiger partial charge on any atom is -0.379 e. The van der Waals surface area contributed by atoms with Gasteiger partial charge < -0.3 is 19.9 Å². The van der Waals surface area contributed by atoms with Crippen LogP contribution >= 0.6 is 12.2 Å². The van der Waals surface area contributed by atoms with Crippen molar-refractivity contribution < 1.29 is 4.74 Å². The van der Waals surface area contributed by atoms with Crippen LogP contribution in [0.1, 0.15) is 18.4 Å². The van der Waals surface area contributed by atoms with Gasteiger partial charge in [0.25, 0.3) is 0 Å². The highest BCUT2D eigenvalue weighted by Crippen LogP contribution is 2.26. The van der Waals surface area contributed by atoms with Crippen LogP contribution in [-0.2, 0) is 11.3 Å². The first-order valence-corrected chi connectivity index (χ1v) is 10.6. The Labute approximate surface area is 174 Å². The monoisotopic (exact) mass is 411 g/mol. The SMILES string of the molecule is S=C(Nc1cn[nH]c1-c1nc2ccc(CN3CCOCC3)cc2[nH]1)N1CCCC1. The first-order chi connectivity index (χ1) is 14.3. The first kappa shape index (κ1) is 18.5. The third kappa shape index (κ3) is 3.98. The van der Waals surface area contributed by atoms with Gasteiger partial charge in [0.15, 0.2) is 10.9 Å². The maximum atomic E-state index is 5.56. The second-order valence-corrected chi connectivity index (χ2v) is 8.00. The van der Waals surface area contributed by atoms with Gasteiger partial charge in [0.1, 0.15) is 5.69 Å². The molecular formula is C20H25N7OS. The van der Waals surface area contributed by atoms with E-state index in [0.29, 0.717) is 0 Å². The molecule has 0 radical (unpaired) electrons. The molecule has 0 bridgehead atoms. The van der Waals surface area contributed by atoms with E-state index < -0.39 is 0 Å². The molecule has 3 aromatic rings. The fraction of sp³-hybridized carbons (Fsp3) is 0.450. The second-order valence-electron chi connectivity index (χ2n) is 7.61. The summed E-state index contributed by atoms with van der Waals surface area (Å²) in [5.41, 5.74) is 4.89. The molecule has 29 heavy (non-hydrogen) atoms. The number of anilines is 1. The Morgan fingerprint density at radius 1 is 1.17 bits per heavy atom. The molecule has 2 saturated heterocycles. The largest absolute Gasteiger partial charge is 0.379 e. The zero-order valence-corrected chi connectivity index (χ0v) is 17.1. The van der Waals surface area contributed by atoms with E-state index >= 15 is 0 Å². The molecule has 9 heteroatoms. The van der Waals surface area contributed by atoms with Crippen LogP contribution in [0.2, 0.25) is 0 Å². The van der Waals surface area contributed by atoms with Gasteiger partial charge in [-0.25, -0.2) is 4.98 Å². The Morgan fingerprint density at radius 3 is 2.83 bits per heavy atom. The zero-order chi connectivity index (χ0) is 19.6. The summed E-state index contributed by atoms with van der Waals surface area (Å²) < 4.78 is 5.44. The Balaban J connectivity index is 1.35. The minimum absolute atomic E-state index is 0.744. The number of ether oxygens (including phenoxy) is 1. The molecule has 0 saturated carbocycles. The van der Waals surface area contributed by atoms with Crippen LogP contribution in [0.5, 0.6) is 0 Å². The molecule has 2 aliphatic rings. The van der Waals surface area contributed by atoms with Gasteiger partial charge in [0, 0.05) is 32.7 Å². The molecule has 0 aliphatic carbocycles. The van der Waals surface area contributed by atoms with Gasteiger partial charge in [-0.15, -0.1) is 0 Å². The quantitative estimate of drug-likeness (QED) is 0.569. The normalized spacial score (nSPS) is 17.9. The lowest BCUT2D eigenvalue weighted by atomic mass is 10.2. The van der Waals surface area contributed by atoms with Crippen molar-refractivity contribution in [3.8, 4) is 11.5 Å². The molecule has 8 nitrogen and oxygen atoms in total. The number of thiocarbonyl (C=S) groups is 1. The number of nitrogens with zero attached hydrogens (tertiary/aromatic N) is 4. The van der Waals surface area contributed by atoms with E-state index in [0.717, 1.165) is 79.3 Å². The van der Waals surface area contributed by atoms with Crippen LogP contribution in [0.4, 0.5) is 5.69 Å². The molecule has 2 fully saturated rings. The number of H-pyrrole nitrogens is 2.